The quantitative estimate of drug-likeness (QED) is 0.614. The molecule has 1 unspecified atom stereocenters. The van der Waals surface area contributed by atoms with Gasteiger partial charge in [0.2, 0.25) is 0 Å². The van der Waals surface area contributed by atoms with E-state index in [1.807, 2.05) is 18.2 Å². The van der Waals surface area contributed by atoms with Crippen LogP contribution in [0.25, 0.3) is 0 Å². The van der Waals surface area contributed by atoms with Crippen molar-refractivity contribution in [2.24, 2.45) is 0 Å². The minimum atomic E-state index is -0.446. The van der Waals surface area contributed by atoms with Crippen LogP contribution in [0.3, 0.4) is 0 Å². The minimum Gasteiger partial charge on any atom is -0.496 e. The summed E-state index contributed by atoms with van der Waals surface area (Å²) in [5.41, 5.74) is 1.13. The molecule has 7 nitrogen and oxygen atoms in total. The van der Waals surface area contributed by atoms with Gasteiger partial charge in [0.1, 0.15) is 17.8 Å². The zero-order valence-electron chi connectivity index (χ0n) is 14.2. The lowest BCUT2D eigenvalue weighted by molar-refractivity contribution is -0.385. The molecular weight excluding hydrogens is 320 g/mol. The molecule has 132 valence electrons. The van der Waals surface area contributed by atoms with E-state index >= 15 is 0 Å². The fourth-order valence-corrected chi connectivity index (χ4v) is 3.23. The molecule has 0 saturated carbocycles. The highest BCUT2D eigenvalue weighted by Gasteiger charge is 2.25. The van der Waals surface area contributed by atoms with E-state index in [-0.39, 0.29) is 11.7 Å². The van der Waals surface area contributed by atoms with Gasteiger partial charge >= 0.3 is 0 Å². The summed E-state index contributed by atoms with van der Waals surface area (Å²) >= 11 is 0. The molecular formula is C18H22N4O3. The number of likely N-dealkylation sites (tertiary alicyclic amines) is 1. The fourth-order valence-electron chi connectivity index (χ4n) is 3.23. The van der Waals surface area contributed by atoms with E-state index in [0.29, 0.717) is 12.4 Å². The van der Waals surface area contributed by atoms with Gasteiger partial charge in [-0.3, -0.25) is 15.0 Å². The van der Waals surface area contributed by atoms with E-state index in [9.17, 15) is 10.1 Å². The van der Waals surface area contributed by atoms with Gasteiger partial charge in [0.05, 0.1) is 18.1 Å². The van der Waals surface area contributed by atoms with Crippen LogP contribution in [-0.2, 0) is 0 Å². The first-order valence-corrected chi connectivity index (χ1v) is 8.40. The largest absolute Gasteiger partial charge is 0.496 e. The Labute approximate surface area is 146 Å². The molecule has 1 fully saturated rings. The number of hydrogen-bond donors (Lipinski definition) is 1. The molecule has 0 aliphatic carbocycles. The number of benzene rings is 1. The van der Waals surface area contributed by atoms with Crippen LogP contribution in [0, 0.1) is 10.1 Å². The number of methoxy groups -OCH3 is 1. The molecule has 3 rings (SSSR count). The number of pyridine rings is 1. The van der Waals surface area contributed by atoms with Gasteiger partial charge in [0.15, 0.2) is 0 Å². The third-order valence-corrected chi connectivity index (χ3v) is 4.51. The van der Waals surface area contributed by atoms with Crippen LogP contribution in [0.1, 0.15) is 24.4 Å². The first-order valence-electron chi connectivity index (χ1n) is 8.40. The van der Waals surface area contributed by atoms with Gasteiger partial charge in [-0.1, -0.05) is 18.2 Å². The van der Waals surface area contributed by atoms with Crippen LogP contribution in [0.15, 0.2) is 42.6 Å². The topological polar surface area (TPSA) is 80.5 Å². The van der Waals surface area contributed by atoms with Gasteiger partial charge in [-0.15, -0.1) is 0 Å². The van der Waals surface area contributed by atoms with Crippen LogP contribution >= 0.6 is 0 Å². The molecule has 1 N–H and O–H groups in total. The maximum absolute atomic E-state index is 10.7. The molecule has 2 heterocycles. The van der Waals surface area contributed by atoms with Crippen molar-refractivity contribution in [3.63, 3.8) is 0 Å². The predicted octanol–water partition coefficient (Wildman–Crippen LogP) is 3.25. The maximum atomic E-state index is 10.7. The molecule has 1 aliphatic heterocycles. The molecule has 1 aromatic heterocycles. The number of ether oxygens (including phenoxy) is 1. The number of para-hydroxylation sites is 1. The molecule has 2 aromatic rings. The van der Waals surface area contributed by atoms with Crippen LogP contribution in [0.5, 0.6) is 5.75 Å². The van der Waals surface area contributed by atoms with Gasteiger partial charge in [-0.2, -0.15) is 0 Å². The van der Waals surface area contributed by atoms with Crippen LogP contribution < -0.4 is 10.1 Å². The average molecular weight is 342 g/mol. The summed E-state index contributed by atoms with van der Waals surface area (Å²) in [6, 6.07) is 11.3. The van der Waals surface area contributed by atoms with Crippen molar-refractivity contribution < 1.29 is 9.66 Å². The van der Waals surface area contributed by atoms with Crippen molar-refractivity contribution in [1.29, 1.82) is 0 Å². The lowest BCUT2D eigenvalue weighted by Crippen LogP contribution is -2.31. The predicted molar refractivity (Wildman–Crippen MR) is 95.9 cm³/mol. The van der Waals surface area contributed by atoms with E-state index in [4.69, 9.17) is 4.74 Å². The Balaban J connectivity index is 1.77. The Morgan fingerprint density at radius 2 is 2.04 bits per heavy atom. The van der Waals surface area contributed by atoms with Crippen molar-refractivity contribution in [1.82, 2.24) is 9.88 Å². The van der Waals surface area contributed by atoms with Gasteiger partial charge in [-0.05, 0) is 38.1 Å². The summed E-state index contributed by atoms with van der Waals surface area (Å²) in [6.45, 7) is 2.77. The number of anilines is 1. The third-order valence-electron chi connectivity index (χ3n) is 4.51. The Hall–Kier alpha value is -2.67. The zero-order chi connectivity index (χ0) is 17.6. The second kappa shape index (κ2) is 7.94. The molecule has 0 spiro atoms. The minimum absolute atomic E-state index is 0.00799. The van der Waals surface area contributed by atoms with Crippen LogP contribution in [0.2, 0.25) is 0 Å². The van der Waals surface area contributed by atoms with E-state index in [2.05, 4.69) is 21.3 Å². The summed E-state index contributed by atoms with van der Waals surface area (Å²) in [6.07, 6.45) is 3.67. The van der Waals surface area contributed by atoms with Crippen molar-refractivity contribution >= 4 is 11.5 Å². The standard InChI is InChI=1S/C18H22N4O3/c1-25-17-7-3-2-6-15(17)16(21-10-4-5-11-21)13-20-18-9-8-14(12-19-18)22(23)24/h2-3,6-9,12,16H,4-5,10-11,13H2,1H3,(H,19,20). The smallest absolute Gasteiger partial charge is 0.287 e. The first kappa shape index (κ1) is 17.2. The summed E-state index contributed by atoms with van der Waals surface area (Å²) in [4.78, 5) is 16.9. The third kappa shape index (κ3) is 4.06. The number of nitro groups is 1. The summed E-state index contributed by atoms with van der Waals surface area (Å²) in [7, 11) is 1.69. The molecule has 25 heavy (non-hydrogen) atoms. The van der Waals surface area contributed by atoms with Crippen LogP contribution in [0.4, 0.5) is 11.5 Å². The normalized spacial score (nSPS) is 15.7. The second-order valence-corrected chi connectivity index (χ2v) is 6.04. The Morgan fingerprint density at radius 1 is 1.28 bits per heavy atom. The van der Waals surface area contributed by atoms with Crippen molar-refractivity contribution in [2.75, 3.05) is 32.1 Å². The molecule has 0 radical (unpaired) electrons. The molecule has 1 atom stereocenters. The molecule has 1 saturated heterocycles. The number of hydrogen-bond acceptors (Lipinski definition) is 6. The van der Waals surface area contributed by atoms with E-state index in [0.717, 1.165) is 24.4 Å². The second-order valence-electron chi connectivity index (χ2n) is 6.04. The zero-order valence-corrected chi connectivity index (χ0v) is 14.2. The number of aromatic nitrogens is 1. The molecule has 7 heteroatoms. The number of rotatable bonds is 7. The van der Waals surface area contributed by atoms with Crippen molar-refractivity contribution in [2.45, 2.75) is 18.9 Å². The number of nitrogens with one attached hydrogen (secondary N) is 1. The lowest BCUT2D eigenvalue weighted by Gasteiger charge is -2.29. The van der Waals surface area contributed by atoms with E-state index in [1.165, 1.54) is 25.1 Å². The highest BCUT2D eigenvalue weighted by atomic mass is 16.6. The van der Waals surface area contributed by atoms with Crippen molar-refractivity contribution in [3.8, 4) is 5.75 Å². The first-order chi connectivity index (χ1) is 12.2. The molecule has 1 aromatic carbocycles. The van der Waals surface area contributed by atoms with Crippen molar-refractivity contribution in [3.05, 3.63) is 58.3 Å². The Kier molecular flexibility index (Phi) is 5.45. The SMILES string of the molecule is COc1ccccc1C(CNc1ccc([N+](=O)[O-])cn1)N1CCCC1. The highest BCUT2D eigenvalue weighted by molar-refractivity contribution is 5.42. The highest BCUT2D eigenvalue weighted by Crippen LogP contribution is 2.31. The summed E-state index contributed by atoms with van der Waals surface area (Å²) in [5, 5.41) is 14.0. The molecule has 1 aliphatic rings. The summed E-state index contributed by atoms with van der Waals surface area (Å²) < 4.78 is 5.53. The Bertz CT molecular complexity index is 715. The lowest BCUT2D eigenvalue weighted by atomic mass is 10.0. The average Bonchev–Trinajstić information content (AvgIpc) is 3.17. The number of nitrogens with zero attached hydrogens (tertiary/aromatic N) is 3. The molecule has 0 bridgehead atoms. The van der Waals surface area contributed by atoms with Crippen LogP contribution in [-0.4, -0.2) is 41.6 Å². The monoisotopic (exact) mass is 342 g/mol. The molecule has 0 amide bonds. The van der Waals surface area contributed by atoms with Gasteiger partial charge in [0.25, 0.3) is 5.69 Å². The van der Waals surface area contributed by atoms with E-state index in [1.54, 1.807) is 13.2 Å². The fraction of sp³-hybridized carbons (Fsp3) is 0.389. The maximum Gasteiger partial charge on any atom is 0.287 e. The van der Waals surface area contributed by atoms with E-state index < -0.39 is 4.92 Å². The van der Waals surface area contributed by atoms with Gasteiger partial charge in [-0.25, -0.2) is 4.98 Å². The Morgan fingerprint density at radius 3 is 2.68 bits per heavy atom. The van der Waals surface area contributed by atoms with Gasteiger partial charge in [0, 0.05) is 18.2 Å². The summed E-state index contributed by atoms with van der Waals surface area (Å²) in [5.74, 6) is 1.50. The van der Waals surface area contributed by atoms with Gasteiger partial charge < -0.3 is 10.1 Å².